The number of aryl methyl sites for hydroxylation is 2. The van der Waals surface area contributed by atoms with Crippen molar-refractivity contribution in [2.24, 2.45) is 0 Å². The van der Waals surface area contributed by atoms with Gasteiger partial charge in [0.2, 0.25) is 0 Å². The lowest BCUT2D eigenvalue weighted by Gasteiger charge is -2.13. The van der Waals surface area contributed by atoms with Gasteiger partial charge in [0.1, 0.15) is 5.76 Å². The number of amides is 1. The van der Waals surface area contributed by atoms with E-state index in [2.05, 4.69) is 6.07 Å². The number of aliphatic hydroxyl groups excluding tert-OH is 1. The summed E-state index contributed by atoms with van der Waals surface area (Å²) in [6, 6.07) is 9.57. The molecule has 0 saturated heterocycles. The third kappa shape index (κ3) is 2.91. The van der Waals surface area contributed by atoms with E-state index in [0.717, 1.165) is 11.1 Å². The van der Waals surface area contributed by atoms with Crippen molar-refractivity contribution in [3.63, 3.8) is 0 Å². The number of carbonyl (C=O) groups excluding carboxylic acids is 1. The first kappa shape index (κ1) is 14.3. The zero-order valence-corrected chi connectivity index (χ0v) is 12.0. The first-order valence-electron chi connectivity index (χ1n) is 6.56. The number of hydrogen-bond donors (Lipinski definition) is 1. The predicted octanol–water partition coefficient (Wildman–Crippen LogP) is 2.63. The Balaban J connectivity index is 2.27. The monoisotopic (exact) mass is 273 g/mol. The van der Waals surface area contributed by atoms with Crippen LogP contribution in [0.1, 0.15) is 21.7 Å². The molecule has 0 unspecified atom stereocenters. The maximum absolute atomic E-state index is 12.0. The standard InChI is InChI=1S/C16H19NO3/c1-11-4-5-13(12(2)10-11)14-6-7-15(20-14)16(19)17(3)8-9-18/h4-7,10,18H,8-9H2,1-3H3. The summed E-state index contributed by atoms with van der Waals surface area (Å²) in [7, 11) is 1.64. The zero-order valence-electron chi connectivity index (χ0n) is 12.0. The third-order valence-electron chi connectivity index (χ3n) is 3.25. The van der Waals surface area contributed by atoms with Crippen LogP contribution in [-0.4, -0.2) is 36.1 Å². The molecular formula is C16H19NO3. The highest BCUT2D eigenvalue weighted by Gasteiger charge is 2.16. The van der Waals surface area contributed by atoms with Crippen molar-refractivity contribution in [3.05, 3.63) is 47.2 Å². The Labute approximate surface area is 118 Å². The fourth-order valence-electron chi connectivity index (χ4n) is 2.13. The number of carbonyl (C=O) groups is 1. The maximum atomic E-state index is 12.0. The average molecular weight is 273 g/mol. The van der Waals surface area contributed by atoms with Crippen molar-refractivity contribution < 1.29 is 14.3 Å². The molecule has 0 aliphatic carbocycles. The highest BCUT2D eigenvalue weighted by Crippen LogP contribution is 2.26. The van der Waals surface area contributed by atoms with Gasteiger partial charge in [0.05, 0.1) is 6.61 Å². The number of nitrogens with zero attached hydrogens (tertiary/aromatic N) is 1. The van der Waals surface area contributed by atoms with Crippen LogP contribution < -0.4 is 0 Å². The lowest BCUT2D eigenvalue weighted by atomic mass is 10.0. The Hall–Kier alpha value is -2.07. The van der Waals surface area contributed by atoms with Crippen LogP contribution in [0.15, 0.2) is 34.7 Å². The first-order valence-corrected chi connectivity index (χ1v) is 6.56. The second-order valence-electron chi connectivity index (χ2n) is 4.93. The topological polar surface area (TPSA) is 53.7 Å². The van der Waals surface area contributed by atoms with Gasteiger partial charge in [0.15, 0.2) is 5.76 Å². The largest absolute Gasteiger partial charge is 0.451 e. The Bertz CT molecular complexity index is 616. The summed E-state index contributed by atoms with van der Waals surface area (Å²) in [5.74, 6) is 0.745. The normalized spacial score (nSPS) is 10.6. The molecule has 0 radical (unpaired) electrons. The highest BCUT2D eigenvalue weighted by atomic mass is 16.4. The SMILES string of the molecule is Cc1ccc(-c2ccc(C(=O)N(C)CCO)o2)c(C)c1. The van der Waals surface area contributed by atoms with E-state index in [1.54, 1.807) is 19.2 Å². The van der Waals surface area contributed by atoms with Crippen molar-refractivity contribution in [2.45, 2.75) is 13.8 Å². The Morgan fingerprint density at radius 3 is 2.65 bits per heavy atom. The van der Waals surface area contributed by atoms with Crippen molar-refractivity contribution in [2.75, 3.05) is 20.2 Å². The summed E-state index contributed by atoms with van der Waals surface area (Å²) in [5.41, 5.74) is 3.29. The minimum atomic E-state index is -0.227. The molecule has 0 aliphatic heterocycles. The highest BCUT2D eigenvalue weighted by molar-refractivity contribution is 5.92. The molecule has 0 aliphatic rings. The van der Waals surface area contributed by atoms with Crippen LogP contribution in [0.25, 0.3) is 11.3 Å². The number of hydrogen-bond acceptors (Lipinski definition) is 3. The molecule has 1 amide bonds. The van der Waals surface area contributed by atoms with E-state index in [-0.39, 0.29) is 18.3 Å². The second-order valence-corrected chi connectivity index (χ2v) is 4.93. The molecule has 4 heteroatoms. The minimum absolute atomic E-state index is 0.0626. The molecule has 1 N–H and O–H groups in total. The second kappa shape index (κ2) is 5.92. The Morgan fingerprint density at radius 1 is 1.25 bits per heavy atom. The smallest absolute Gasteiger partial charge is 0.289 e. The molecule has 2 rings (SSSR count). The summed E-state index contributed by atoms with van der Waals surface area (Å²) in [6.45, 7) is 4.28. The van der Waals surface area contributed by atoms with Crippen LogP contribution in [0.2, 0.25) is 0 Å². The van der Waals surface area contributed by atoms with Crippen LogP contribution in [0.4, 0.5) is 0 Å². The van der Waals surface area contributed by atoms with Crippen LogP contribution in [0, 0.1) is 13.8 Å². The lowest BCUT2D eigenvalue weighted by Crippen LogP contribution is -2.29. The number of rotatable bonds is 4. The van der Waals surface area contributed by atoms with E-state index < -0.39 is 0 Å². The van der Waals surface area contributed by atoms with Crippen LogP contribution in [0.5, 0.6) is 0 Å². The lowest BCUT2D eigenvalue weighted by molar-refractivity contribution is 0.0736. The average Bonchev–Trinajstić information content (AvgIpc) is 2.87. The van der Waals surface area contributed by atoms with E-state index in [1.165, 1.54) is 10.5 Å². The van der Waals surface area contributed by atoms with Crippen LogP contribution in [-0.2, 0) is 0 Å². The van der Waals surface area contributed by atoms with Gasteiger partial charge >= 0.3 is 0 Å². The third-order valence-corrected chi connectivity index (χ3v) is 3.25. The summed E-state index contributed by atoms with van der Waals surface area (Å²) >= 11 is 0. The molecule has 0 spiro atoms. The molecule has 1 aromatic heterocycles. The number of furan rings is 1. The number of likely N-dealkylation sites (N-methyl/N-ethyl adjacent to an activating group) is 1. The Morgan fingerprint density at radius 2 is 2.00 bits per heavy atom. The van der Waals surface area contributed by atoms with Gasteiger partial charge < -0.3 is 14.4 Å². The quantitative estimate of drug-likeness (QED) is 0.931. The van der Waals surface area contributed by atoms with Gasteiger partial charge in [0.25, 0.3) is 5.91 Å². The molecular weight excluding hydrogens is 254 g/mol. The van der Waals surface area contributed by atoms with Gasteiger partial charge in [-0.15, -0.1) is 0 Å². The van der Waals surface area contributed by atoms with Gasteiger partial charge in [-0.2, -0.15) is 0 Å². The molecule has 4 nitrogen and oxygen atoms in total. The Kier molecular flexibility index (Phi) is 4.25. The van der Waals surface area contributed by atoms with E-state index in [1.807, 2.05) is 26.0 Å². The van der Waals surface area contributed by atoms with Crippen LogP contribution in [0.3, 0.4) is 0 Å². The fraction of sp³-hybridized carbons (Fsp3) is 0.312. The van der Waals surface area contributed by atoms with Gasteiger partial charge in [-0.25, -0.2) is 0 Å². The molecule has 0 bridgehead atoms. The van der Waals surface area contributed by atoms with E-state index in [4.69, 9.17) is 9.52 Å². The molecule has 0 saturated carbocycles. The molecule has 0 atom stereocenters. The first-order chi connectivity index (χ1) is 9.52. The summed E-state index contributed by atoms with van der Waals surface area (Å²) in [5, 5.41) is 8.85. The number of benzene rings is 1. The molecule has 106 valence electrons. The van der Waals surface area contributed by atoms with Gasteiger partial charge in [-0.1, -0.05) is 23.8 Å². The van der Waals surface area contributed by atoms with Crippen molar-refractivity contribution in [1.82, 2.24) is 4.90 Å². The molecule has 0 fully saturated rings. The van der Waals surface area contributed by atoms with E-state index in [9.17, 15) is 4.79 Å². The van der Waals surface area contributed by atoms with Crippen molar-refractivity contribution in [1.29, 1.82) is 0 Å². The van der Waals surface area contributed by atoms with Gasteiger partial charge in [-0.05, 0) is 31.5 Å². The number of aliphatic hydroxyl groups is 1. The van der Waals surface area contributed by atoms with E-state index in [0.29, 0.717) is 12.3 Å². The maximum Gasteiger partial charge on any atom is 0.289 e. The molecule has 1 heterocycles. The van der Waals surface area contributed by atoms with Crippen LogP contribution >= 0.6 is 0 Å². The summed E-state index contributed by atoms with van der Waals surface area (Å²) < 4.78 is 5.65. The summed E-state index contributed by atoms with van der Waals surface area (Å²) in [6.07, 6.45) is 0. The molecule has 2 aromatic rings. The molecule has 1 aromatic carbocycles. The van der Waals surface area contributed by atoms with Gasteiger partial charge in [-0.3, -0.25) is 4.79 Å². The van der Waals surface area contributed by atoms with Gasteiger partial charge in [0, 0.05) is 19.2 Å². The predicted molar refractivity (Wildman–Crippen MR) is 77.7 cm³/mol. The van der Waals surface area contributed by atoms with Crippen molar-refractivity contribution in [3.8, 4) is 11.3 Å². The molecule has 20 heavy (non-hydrogen) atoms. The minimum Gasteiger partial charge on any atom is -0.451 e. The summed E-state index contributed by atoms with van der Waals surface area (Å²) in [4.78, 5) is 13.5. The fourth-order valence-corrected chi connectivity index (χ4v) is 2.13. The van der Waals surface area contributed by atoms with E-state index >= 15 is 0 Å². The zero-order chi connectivity index (χ0) is 14.7. The van der Waals surface area contributed by atoms with Crippen molar-refractivity contribution >= 4 is 5.91 Å².